The second kappa shape index (κ2) is 8.90. The summed E-state index contributed by atoms with van der Waals surface area (Å²) in [5, 5.41) is 0. The Morgan fingerprint density at radius 1 is 0.879 bits per heavy atom. The van der Waals surface area contributed by atoms with Crippen molar-refractivity contribution in [2.24, 2.45) is 0 Å². The van der Waals surface area contributed by atoms with Crippen molar-refractivity contribution in [3.8, 4) is 5.75 Å². The van der Waals surface area contributed by atoms with Crippen molar-refractivity contribution in [3.05, 3.63) is 83.9 Å². The van der Waals surface area contributed by atoms with E-state index in [4.69, 9.17) is 4.74 Å². The summed E-state index contributed by atoms with van der Waals surface area (Å²) in [5.74, 6) is 0.762. The Morgan fingerprint density at radius 2 is 1.61 bits per heavy atom. The van der Waals surface area contributed by atoms with Crippen molar-refractivity contribution in [1.29, 1.82) is 0 Å². The third kappa shape index (κ3) is 4.20. The first kappa shape index (κ1) is 21.5. The number of anilines is 2. The molecule has 0 aromatic heterocycles. The first-order valence-corrected chi connectivity index (χ1v) is 12.7. The van der Waals surface area contributed by atoms with Crippen LogP contribution in [-0.4, -0.2) is 34.0 Å². The summed E-state index contributed by atoms with van der Waals surface area (Å²) in [6.07, 6.45) is 2.59. The van der Waals surface area contributed by atoms with Gasteiger partial charge in [-0.15, -0.1) is 0 Å². The number of hydrogen-bond acceptors (Lipinski definition) is 4. The third-order valence-corrected chi connectivity index (χ3v) is 8.06. The summed E-state index contributed by atoms with van der Waals surface area (Å²) >= 11 is 0. The fraction of sp³-hybridized carbons (Fsp3) is 0.269. The van der Waals surface area contributed by atoms with Crippen LogP contribution in [-0.2, 0) is 27.7 Å². The number of aryl methyl sites for hydroxylation is 2. The molecule has 0 saturated carbocycles. The minimum atomic E-state index is -3.63. The summed E-state index contributed by atoms with van der Waals surface area (Å²) in [4.78, 5) is 14.9. The van der Waals surface area contributed by atoms with Gasteiger partial charge >= 0.3 is 0 Å². The monoisotopic (exact) mass is 462 g/mol. The van der Waals surface area contributed by atoms with E-state index in [9.17, 15) is 13.2 Å². The summed E-state index contributed by atoms with van der Waals surface area (Å²) < 4.78 is 33.8. The van der Waals surface area contributed by atoms with Gasteiger partial charge in [0.1, 0.15) is 12.4 Å². The summed E-state index contributed by atoms with van der Waals surface area (Å²) in [6, 6.07) is 22.2. The third-order valence-electron chi connectivity index (χ3n) is 6.24. The summed E-state index contributed by atoms with van der Waals surface area (Å²) in [5.41, 5.74) is 3.57. The van der Waals surface area contributed by atoms with Gasteiger partial charge < -0.3 is 9.64 Å². The molecule has 0 aliphatic carbocycles. The van der Waals surface area contributed by atoms with E-state index in [0.29, 0.717) is 32.5 Å². The first-order valence-electron chi connectivity index (χ1n) is 11.3. The van der Waals surface area contributed by atoms with Crippen molar-refractivity contribution in [3.63, 3.8) is 0 Å². The number of carbonyl (C=O) groups excluding carboxylic acids is 1. The number of carbonyl (C=O) groups is 1. The molecule has 2 aliphatic rings. The van der Waals surface area contributed by atoms with Crippen LogP contribution in [0.1, 0.15) is 24.0 Å². The van der Waals surface area contributed by atoms with E-state index in [0.717, 1.165) is 41.1 Å². The van der Waals surface area contributed by atoms with Crippen LogP contribution < -0.4 is 13.9 Å². The fourth-order valence-electron chi connectivity index (χ4n) is 4.52. The lowest BCUT2D eigenvalue weighted by Crippen LogP contribution is -2.38. The number of fused-ring (bicyclic) bond motifs is 2. The SMILES string of the molecule is O=C(CCc1ccc(S(=O)(=O)N2CCCc3ccccc32)cc1)N1CCOc2ccccc21. The first-order chi connectivity index (χ1) is 16.0. The van der Waals surface area contributed by atoms with Gasteiger partial charge in [0.2, 0.25) is 5.91 Å². The van der Waals surface area contributed by atoms with Crippen LogP contribution in [0, 0.1) is 0 Å². The van der Waals surface area contributed by atoms with Crippen LogP contribution >= 0.6 is 0 Å². The molecule has 5 rings (SSSR count). The largest absolute Gasteiger partial charge is 0.490 e. The Balaban J connectivity index is 1.28. The van der Waals surface area contributed by atoms with E-state index in [1.807, 2.05) is 60.7 Å². The predicted molar refractivity (Wildman–Crippen MR) is 128 cm³/mol. The van der Waals surface area contributed by atoms with Crippen molar-refractivity contribution >= 4 is 27.3 Å². The lowest BCUT2D eigenvalue weighted by Gasteiger charge is -2.30. The van der Waals surface area contributed by atoms with Gasteiger partial charge in [-0.05, 0) is 60.7 Å². The number of hydrogen-bond donors (Lipinski definition) is 0. The van der Waals surface area contributed by atoms with Crippen LogP contribution in [0.5, 0.6) is 5.75 Å². The number of rotatable bonds is 5. The highest BCUT2D eigenvalue weighted by atomic mass is 32.2. The second-order valence-corrected chi connectivity index (χ2v) is 10.2. The molecule has 6 nitrogen and oxygen atoms in total. The zero-order valence-electron chi connectivity index (χ0n) is 18.3. The van der Waals surface area contributed by atoms with Gasteiger partial charge in [0.05, 0.1) is 22.8 Å². The molecule has 0 bridgehead atoms. The quantitative estimate of drug-likeness (QED) is 0.570. The van der Waals surface area contributed by atoms with E-state index in [1.165, 1.54) is 4.31 Å². The second-order valence-electron chi connectivity index (χ2n) is 8.31. The van der Waals surface area contributed by atoms with Crippen LogP contribution in [0.25, 0.3) is 0 Å². The molecule has 7 heteroatoms. The average Bonchev–Trinajstić information content (AvgIpc) is 2.86. The normalized spacial score (nSPS) is 15.4. The maximum atomic E-state index is 13.3. The Kier molecular flexibility index (Phi) is 5.81. The van der Waals surface area contributed by atoms with Crippen LogP contribution in [0.15, 0.2) is 77.7 Å². The van der Waals surface area contributed by atoms with Gasteiger partial charge in [0.15, 0.2) is 0 Å². The lowest BCUT2D eigenvalue weighted by molar-refractivity contribution is -0.118. The van der Waals surface area contributed by atoms with Crippen molar-refractivity contribution in [2.75, 3.05) is 28.9 Å². The average molecular weight is 463 g/mol. The molecule has 170 valence electrons. The van der Waals surface area contributed by atoms with Gasteiger partial charge in [-0.1, -0.05) is 42.5 Å². The van der Waals surface area contributed by atoms with Crippen LogP contribution in [0.2, 0.25) is 0 Å². The predicted octanol–water partition coefficient (Wildman–Crippen LogP) is 4.19. The Hall–Kier alpha value is -3.32. The zero-order valence-corrected chi connectivity index (χ0v) is 19.1. The van der Waals surface area contributed by atoms with Gasteiger partial charge in [-0.25, -0.2) is 8.42 Å². The minimum Gasteiger partial charge on any atom is -0.490 e. The maximum absolute atomic E-state index is 13.3. The van der Waals surface area contributed by atoms with E-state index in [-0.39, 0.29) is 10.8 Å². The number of sulfonamides is 1. The lowest BCUT2D eigenvalue weighted by atomic mass is 10.0. The van der Waals surface area contributed by atoms with Crippen molar-refractivity contribution < 1.29 is 17.9 Å². The molecule has 0 radical (unpaired) electrons. The van der Waals surface area contributed by atoms with Crippen LogP contribution in [0.4, 0.5) is 11.4 Å². The molecule has 3 aromatic carbocycles. The van der Waals surface area contributed by atoms with Crippen molar-refractivity contribution in [2.45, 2.75) is 30.6 Å². The number of benzene rings is 3. The van der Waals surface area contributed by atoms with E-state index >= 15 is 0 Å². The summed E-state index contributed by atoms with van der Waals surface area (Å²) in [6.45, 7) is 1.50. The van der Waals surface area contributed by atoms with E-state index < -0.39 is 10.0 Å². The Labute approximate surface area is 194 Å². The van der Waals surface area contributed by atoms with Gasteiger partial charge in [0, 0.05) is 13.0 Å². The zero-order chi connectivity index (χ0) is 22.8. The molecule has 0 spiro atoms. The number of amides is 1. The van der Waals surface area contributed by atoms with Gasteiger partial charge in [-0.2, -0.15) is 0 Å². The highest BCUT2D eigenvalue weighted by molar-refractivity contribution is 7.92. The molecule has 0 saturated heterocycles. The fourth-order valence-corrected chi connectivity index (χ4v) is 6.06. The molecule has 1 amide bonds. The number of para-hydroxylation sites is 3. The van der Waals surface area contributed by atoms with Crippen LogP contribution in [0.3, 0.4) is 0 Å². The molecule has 3 aromatic rings. The molecule has 33 heavy (non-hydrogen) atoms. The topological polar surface area (TPSA) is 66.9 Å². The molecular formula is C26H26N2O4S. The Bertz CT molecular complexity index is 1270. The standard InChI is InChI=1S/C26H26N2O4S/c29-26(27-18-19-32-25-10-4-3-9-24(25)27)16-13-20-11-14-22(15-12-20)33(30,31)28-17-5-7-21-6-1-2-8-23(21)28/h1-4,6,8-12,14-15H,5,7,13,16-19H2. The highest BCUT2D eigenvalue weighted by Gasteiger charge is 2.29. The molecule has 0 N–H and O–H groups in total. The van der Waals surface area contributed by atoms with E-state index in [1.54, 1.807) is 17.0 Å². The van der Waals surface area contributed by atoms with Crippen molar-refractivity contribution in [1.82, 2.24) is 0 Å². The minimum absolute atomic E-state index is 0.0346. The summed E-state index contributed by atoms with van der Waals surface area (Å²) in [7, 11) is -3.63. The van der Waals surface area contributed by atoms with Gasteiger partial charge in [0.25, 0.3) is 10.0 Å². The number of ether oxygens (including phenoxy) is 1. The number of nitrogens with zero attached hydrogens (tertiary/aromatic N) is 2. The van der Waals surface area contributed by atoms with E-state index in [2.05, 4.69) is 0 Å². The molecule has 2 aliphatic heterocycles. The molecular weight excluding hydrogens is 436 g/mol. The molecule has 0 atom stereocenters. The highest BCUT2D eigenvalue weighted by Crippen LogP contribution is 2.33. The van der Waals surface area contributed by atoms with Gasteiger partial charge in [-0.3, -0.25) is 9.10 Å². The Morgan fingerprint density at radius 3 is 2.42 bits per heavy atom. The molecule has 0 fully saturated rings. The maximum Gasteiger partial charge on any atom is 0.264 e. The smallest absolute Gasteiger partial charge is 0.264 e. The molecule has 2 heterocycles. The molecule has 0 unspecified atom stereocenters.